The number of halogens is 2. The van der Waals surface area contributed by atoms with Crippen LogP contribution in [-0.4, -0.2) is 143 Å². The Hall–Kier alpha value is -5.43. The second-order valence-electron chi connectivity index (χ2n) is 17.9. The van der Waals surface area contributed by atoms with Gasteiger partial charge in [0.25, 0.3) is 5.56 Å². The maximum Gasteiger partial charge on any atom is 0.409 e. The lowest BCUT2D eigenvalue weighted by atomic mass is 10.0. The number of hydrogen-bond donors (Lipinski definition) is 8. The van der Waals surface area contributed by atoms with Gasteiger partial charge >= 0.3 is 19.7 Å². The van der Waals surface area contributed by atoms with Crippen LogP contribution in [-0.2, 0) is 62.4 Å². The third-order valence-corrected chi connectivity index (χ3v) is 15.4. The van der Waals surface area contributed by atoms with Crippen molar-refractivity contribution in [1.29, 1.82) is 0 Å². The number of rotatable bonds is 14. The fraction of sp³-hybridized carbons (Fsp3) is 0.500. The molecule has 7 N–H and O–H groups in total. The topological polar surface area (TPSA) is 347 Å². The number of nitrogens with zero attached hydrogens (tertiary/aromatic N) is 7. The molecular formula is C42H52F2N12O15P2S2. The van der Waals surface area contributed by atoms with E-state index in [1.807, 2.05) is 0 Å². The van der Waals surface area contributed by atoms with Crippen molar-refractivity contribution in [2.24, 2.45) is 11.7 Å². The van der Waals surface area contributed by atoms with Gasteiger partial charge in [-0.2, -0.15) is 0 Å². The minimum absolute atomic E-state index is 0.0117. The number of H-pyrrole nitrogens is 1. The maximum atomic E-state index is 16.6. The Kier molecular flexibility index (Phi) is 17.1. The van der Waals surface area contributed by atoms with Gasteiger partial charge in [0, 0.05) is 31.9 Å². The number of alkyl halides is 1. The minimum atomic E-state index is -4.60. The summed E-state index contributed by atoms with van der Waals surface area (Å²) in [5.41, 5.74) is 5.86. The summed E-state index contributed by atoms with van der Waals surface area (Å²) in [6, 6.07) is 4.94. The number of anilines is 2. The Morgan fingerprint density at radius 2 is 1.63 bits per heavy atom. The Bertz CT molecular complexity index is 3100. The van der Waals surface area contributed by atoms with E-state index in [1.54, 1.807) is 38.1 Å². The van der Waals surface area contributed by atoms with E-state index in [0.717, 1.165) is 34.3 Å². The summed E-state index contributed by atoms with van der Waals surface area (Å²) in [6.45, 7) is -5.55. The Morgan fingerprint density at radius 3 is 2.33 bits per heavy atom. The van der Waals surface area contributed by atoms with E-state index in [4.69, 9.17) is 38.0 Å². The highest BCUT2D eigenvalue weighted by Gasteiger charge is 2.54. The number of amides is 4. The Balaban J connectivity index is 0.849. The maximum absolute atomic E-state index is 16.6. The molecule has 0 aliphatic carbocycles. The van der Waals surface area contributed by atoms with E-state index in [9.17, 15) is 42.6 Å². The summed E-state index contributed by atoms with van der Waals surface area (Å²) in [7, 11) is 1.49. The number of thiol groups is 2. The van der Waals surface area contributed by atoms with Crippen molar-refractivity contribution < 1.29 is 74.5 Å². The van der Waals surface area contributed by atoms with Gasteiger partial charge in [-0.1, -0.05) is 50.5 Å². The van der Waals surface area contributed by atoms with Crippen molar-refractivity contribution in [2.45, 2.75) is 101 Å². The summed E-state index contributed by atoms with van der Waals surface area (Å²) in [6.07, 6.45) is -10.0. The van der Waals surface area contributed by atoms with Crippen molar-refractivity contribution >= 4 is 95.6 Å². The number of nitrogens with one attached hydrogen (secondary N) is 4. The van der Waals surface area contributed by atoms with Crippen LogP contribution in [0.15, 0.2) is 54.2 Å². The van der Waals surface area contributed by atoms with Crippen LogP contribution >= 0.6 is 38.1 Å². The van der Waals surface area contributed by atoms with Gasteiger partial charge in [-0.05, 0) is 37.0 Å². The fourth-order valence-electron chi connectivity index (χ4n) is 8.08. The van der Waals surface area contributed by atoms with E-state index >= 15 is 4.39 Å². The number of aromatic amines is 1. The van der Waals surface area contributed by atoms with Crippen LogP contribution in [0, 0.1) is 11.7 Å². The zero-order chi connectivity index (χ0) is 54.1. The van der Waals surface area contributed by atoms with Crippen LogP contribution in [0.5, 0.6) is 0 Å². The highest BCUT2D eigenvalue weighted by Crippen LogP contribution is 2.60. The summed E-state index contributed by atoms with van der Waals surface area (Å²) < 4.78 is 101. The first-order valence-corrected chi connectivity index (χ1v) is 28.4. The van der Waals surface area contributed by atoms with Gasteiger partial charge in [-0.3, -0.25) is 41.8 Å². The summed E-state index contributed by atoms with van der Waals surface area (Å²) in [5.74, 6) is -2.57. The van der Waals surface area contributed by atoms with E-state index in [-0.39, 0.29) is 54.5 Å². The van der Waals surface area contributed by atoms with E-state index in [1.165, 1.54) is 18.9 Å². The molecule has 1 aromatic carbocycles. The van der Waals surface area contributed by atoms with Crippen LogP contribution in [0.1, 0.15) is 51.6 Å². The Labute approximate surface area is 434 Å². The molecule has 3 saturated heterocycles. The van der Waals surface area contributed by atoms with Gasteiger partial charge in [0.05, 0.1) is 31.9 Å². The molecule has 0 spiro atoms. The molecule has 3 aliphatic rings. The number of carbonyl (C=O) groups is 4. The molecule has 3 fully saturated rings. The lowest BCUT2D eigenvalue weighted by Gasteiger charge is -2.26. The van der Waals surface area contributed by atoms with E-state index in [2.05, 4.69) is 65.4 Å². The average molecular weight is 1130 g/mol. The third-order valence-electron chi connectivity index (χ3n) is 12.2. The number of nitrogens with two attached hydrogens (primary N) is 1. The number of hydrogen-bond acceptors (Lipinski definition) is 20. The second-order valence-corrected chi connectivity index (χ2v) is 23.7. The molecule has 3 aliphatic heterocycles. The Morgan fingerprint density at radius 1 is 0.947 bits per heavy atom. The van der Waals surface area contributed by atoms with Gasteiger partial charge in [-0.15, -0.1) is 0 Å². The van der Waals surface area contributed by atoms with Gasteiger partial charge < -0.3 is 55.5 Å². The molecule has 12 atom stereocenters. The fourth-order valence-corrected chi connectivity index (χ4v) is 11.0. The predicted octanol–water partition coefficient (Wildman–Crippen LogP) is 3.50. The molecule has 75 heavy (non-hydrogen) atoms. The normalized spacial score (nSPS) is 27.9. The number of benzene rings is 1. The molecule has 406 valence electrons. The largest absolute Gasteiger partial charge is 0.445 e. The van der Waals surface area contributed by atoms with Gasteiger partial charge in [0.2, 0.25) is 17.7 Å². The molecule has 27 nitrogen and oxygen atoms in total. The first-order valence-electron chi connectivity index (χ1n) is 23.0. The van der Waals surface area contributed by atoms with Crippen molar-refractivity contribution in [3.63, 3.8) is 0 Å². The first kappa shape index (κ1) is 55.8. The minimum Gasteiger partial charge on any atom is -0.445 e. The quantitative estimate of drug-likeness (QED) is 0.0582. The average Bonchev–Trinajstić information content (AvgIpc) is 4.11. The van der Waals surface area contributed by atoms with E-state index < -0.39 is 129 Å². The molecule has 7 heterocycles. The van der Waals surface area contributed by atoms with Crippen LogP contribution in [0.4, 0.5) is 25.1 Å². The summed E-state index contributed by atoms with van der Waals surface area (Å²) in [5, 5.41) is 18.7. The molecule has 0 radical (unpaired) electrons. The van der Waals surface area contributed by atoms with Crippen molar-refractivity contribution in [3.05, 3.63) is 71.2 Å². The van der Waals surface area contributed by atoms with Gasteiger partial charge in [-0.25, -0.2) is 42.6 Å². The standard InChI is InChI=1S/C42H52F2N12O15P2S2/c1-19(2)29(45)39(61)51-20(3)37(59)52-22-9-7-21(8-10-22)13-65-42(62)54(4)11-5-6-26(57)53-34-30-36(48-16-46-34)56(18-50-30)40-28(44)32-25(69-40)15-67-73(64,75)71-33-31(58)24(14-66-72(63,74)70-32)68-41(33)55-12-23(43)27-35(55)47-17-49-38(27)60/h7-10,12,16-20,24-25,28-29,31-33,40-41,58H,5-6,11,13-15,45H2,1-4H3,(H,51,61)(H,52,59)(H,63,74)(H,64,75)(H,47,49,60)(H,46,48,53,57)/t20-,24+,25+,28+,29-,31+,32+,33+,40+,41+,72+,73+/m0/s1. The second kappa shape index (κ2) is 23.0. The molecule has 4 aromatic heterocycles. The number of fused-ring (bicyclic) bond motifs is 5. The third kappa shape index (κ3) is 12.7. The molecular weight excluding hydrogens is 1080 g/mol. The van der Waals surface area contributed by atoms with Crippen molar-refractivity contribution in [1.82, 2.24) is 44.3 Å². The number of carbonyl (C=O) groups excluding carboxylic acids is 4. The van der Waals surface area contributed by atoms with Crippen molar-refractivity contribution in [2.75, 3.05) is 37.4 Å². The van der Waals surface area contributed by atoms with Crippen LogP contribution in [0.2, 0.25) is 0 Å². The zero-order valence-corrected chi connectivity index (χ0v) is 43.7. The lowest BCUT2D eigenvalue weighted by Crippen LogP contribution is -2.50. The molecule has 5 aromatic rings. The molecule has 2 bridgehead atoms. The van der Waals surface area contributed by atoms with Gasteiger partial charge in [0.15, 0.2) is 47.1 Å². The SMILES string of the molecule is CC(C)[C@H](N)C(=O)N[C@@H](C)C(=O)Nc1ccc(COC(=O)N(C)CCCC(=O)Nc2ncnc3c2ncn3[C@@H]2O[C@@H]3CO[P@@](=O)(S)O[C@@H]4[C@H](O)[C@@H](CO[P@@](=O)(S)O[C@H]3[C@H]2F)O[C@H]4n2cc(F)c3c(=O)[nH]cnc32)cc1. The van der Waals surface area contributed by atoms with E-state index in [0.29, 0.717) is 11.3 Å². The highest BCUT2D eigenvalue weighted by molar-refractivity contribution is 8.44. The van der Waals surface area contributed by atoms with Crippen LogP contribution in [0.25, 0.3) is 22.2 Å². The zero-order valence-electron chi connectivity index (χ0n) is 40.1. The van der Waals surface area contributed by atoms with Crippen LogP contribution < -0.4 is 27.2 Å². The predicted molar refractivity (Wildman–Crippen MR) is 265 cm³/mol. The molecule has 4 amide bonds. The monoisotopic (exact) mass is 1130 g/mol. The number of ether oxygens (including phenoxy) is 3. The molecule has 0 saturated carbocycles. The lowest BCUT2D eigenvalue weighted by molar-refractivity contribution is -0.127. The molecule has 33 heteroatoms. The van der Waals surface area contributed by atoms with Crippen molar-refractivity contribution in [3.8, 4) is 0 Å². The summed E-state index contributed by atoms with van der Waals surface area (Å²) >= 11 is 8.09. The number of aromatic nitrogens is 7. The first-order chi connectivity index (χ1) is 35.5. The number of aliphatic hydroxyl groups is 1. The smallest absolute Gasteiger partial charge is 0.409 e. The highest BCUT2D eigenvalue weighted by atomic mass is 32.7. The number of aliphatic hydroxyl groups excluding tert-OH is 1. The van der Waals surface area contributed by atoms with Gasteiger partial charge in [0.1, 0.15) is 54.9 Å². The summed E-state index contributed by atoms with van der Waals surface area (Å²) in [4.78, 5) is 83.2. The molecule has 8 rings (SSSR count). The van der Waals surface area contributed by atoms with Crippen LogP contribution in [0.3, 0.4) is 0 Å². The molecule has 0 unspecified atom stereocenters. The number of imidazole rings is 1.